The average molecular weight is 352 g/mol. The molecule has 2 aromatic rings. The molecule has 1 saturated heterocycles. The summed E-state index contributed by atoms with van der Waals surface area (Å²) in [5, 5.41) is 11.8. The number of ether oxygens (including phenoxy) is 3. The van der Waals surface area contributed by atoms with Crippen molar-refractivity contribution in [2.45, 2.75) is 12.5 Å². The lowest BCUT2D eigenvalue weighted by molar-refractivity contribution is 0.174. The maximum atomic E-state index is 12.4. The molecular formula is C18H16N4O4. The molecular weight excluding hydrogens is 336 g/mol. The maximum Gasteiger partial charge on any atom is 0.321 e. The Morgan fingerprint density at radius 1 is 1.31 bits per heavy atom. The summed E-state index contributed by atoms with van der Waals surface area (Å²) in [6.07, 6.45) is 2.08. The standard InChI is InChI=1S/C18H16N4O4/c19-9-12-3-5-20-17(7-12)26-14-4-6-22(10-14)18(23)21-13-1-2-15-16(8-13)25-11-24-15/h1-3,5,7-8,14H,4,6,10-11H2,(H,21,23). The van der Waals surface area contributed by atoms with Crippen LogP contribution in [0, 0.1) is 11.3 Å². The fraction of sp³-hybridized carbons (Fsp3) is 0.278. The van der Waals surface area contributed by atoms with E-state index < -0.39 is 0 Å². The van der Waals surface area contributed by atoms with Crippen molar-refractivity contribution in [1.29, 1.82) is 5.26 Å². The molecule has 1 N–H and O–H groups in total. The number of fused-ring (bicyclic) bond motifs is 1. The van der Waals surface area contributed by atoms with Gasteiger partial charge in [0.05, 0.1) is 18.2 Å². The number of rotatable bonds is 3. The molecule has 1 fully saturated rings. The summed E-state index contributed by atoms with van der Waals surface area (Å²) in [7, 11) is 0. The largest absolute Gasteiger partial charge is 0.472 e. The Morgan fingerprint density at radius 2 is 2.19 bits per heavy atom. The molecule has 26 heavy (non-hydrogen) atoms. The molecule has 0 bridgehead atoms. The highest BCUT2D eigenvalue weighted by Crippen LogP contribution is 2.34. The summed E-state index contributed by atoms with van der Waals surface area (Å²) in [5.41, 5.74) is 1.14. The third kappa shape index (κ3) is 3.32. The van der Waals surface area contributed by atoms with E-state index in [0.29, 0.717) is 48.1 Å². The number of hydrogen-bond acceptors (Lipinski definition) is 6. The van der Waals surface area contributed by atoms with Gasteiger partial charge < -0.3 is 24.4 Å². The highest BCUT2D eigenvalue weighted by molar-refractivity contribution is 5.90. The smallest absolute Gasteiger partial charge is 0.321 e. The van der Waals surface area contributed by atoms with Crippen LogP contribution in [0.4, 0.5) is 10.5 Å². The highest BCUT2D eigenvalue weighted by Gasteiger charge is 2.28. The molecule has 132 valence electrons. The summed E-state index contributed by atoms with van der Waals surface area (Å²) >= 11 is 0. The molecule has 2 amide bonds. The summed E-state index contributed by atoms with van der Waals surface area (Å²) in [6.45, 7) is 1.23. The van der Waals surface area contributed by atoms with Gasteiger partial charge in [0, 0.05) is 37.0 Å². The van der Waals surface area contributed by atoms with Crippen LogP contribution in [0.15, 0.2) is 36.5 Å². The van der Waals surface area contributed by atoms with Crippen LogP contribution >= 0.6 is 0 Å². The number of urea groups is 1. The summed E-state index contributed by atoms with van der Waals surface area (Å²) < 4.78 is 16.4. The van der Waals surface area contributed by atoms with Gasteiger partial charge in [-0.25, -0.2) is 9.78 Å². The monoisotopic (exact) mass is 352 g/mol. The van der Waals surface area contributed by atoms with Crippen molar-refractivity contribution in [2.75, 3.05) is 25.2 Å². The van der Waals surface area contributed by atoms with Gasteiger partial charge in [0.25, 0.3) is 0 Å². The van der Waals surface area contributed by atoms with Crippen LogP contribution in [-0.2, 0) is 0 Å². The third-order valence-corrected chi connectivity index (χ3v) is 4.21. The molecule has 1 atom stereocenters. The van der Waals surface area contributed by atoms with Crippen molar-refractivity contribution in [3.05, 3.63) is 42.1 Å². The van der Waals surface area contributed by atoms with Gasteiger partial charge in [0.1, 0.15) is 6.10 Å². The SMILES string of the molecule is N#Cc1ccnc(OC2CCN(C(=O)Nc3ccc4c(c3)OCO4)C2)c1. The minimum Gasteiger partial charge on any atom is -0.472 e. The maximum absolute atomic E-state index is 12.4. The Morgan fingerprint density at radius 3 is 3.08 bits per heavy atom. The van der Waals surface area contributed by atoms with Gasteiger partial charge in [-0.1, -0.05) is 0 Å². The molecule has 0 saturated carbocycles. The number of benzene rings is 1. The van der Waals surface area contributed by atoms with Crippen molar-refractivity contribution in [1.82, 2.24) is 9.88 Å². The molecule has 1 unspecified atom stereocenters. The fourth-order valence-electron chi connectivity index (χ4n) is 2.90. The first-order valence-electron chi connectivity index (χ1n) is 8.19. The van der Waals surface area contributed by atoms with Crippen molar-refractivity contribution >= 4 is 11.7 Å². The quantitative estimate of drug-likeness (QED) is 0.911. The normalized spacial score (nSPS) is 17.7. The predicted molar refractivity (Wildman–Crippen MR) is 91.1 cm³/mol. The van der Waals surface area contributed by atoms with Crippen molar-refractivity contribution in [3.63, 3.8) is 0 Å². The van der Waals surface area contributed by atoms with E-state index in [1.165, 1.54) is 6.20 Å². The van der Waals surface area contributed by atoms with E-state index >= 15 is 0 Å². The van der Waals surface area contributed by atoms with Crippen LogP contribution in [-0.4, -0.2) is 41.9 Å². The minimum atomic E-state index is -0.200. The van der Waals surface area contributed by atoms with Crippen LogP contribution in [0.25, 0.3) is 0 Å². The Hall–Kier alpha value is -3.47. The van der Waals surface area contributed by atoms with Gasteiger partial charge in [0.15, 0.2) is 11.5 Å². The van der Waals surface area contributed by atoms with Crippen LogP contribution in [0.3, 0.4) is 0 Å². The zero-order valence-corrected chi connectivity index (χ0v) is 13.8. The lowest BCUT2D eigenvalue weighted by atomic mass is 10.3. The molecule has 2 aliphatic heterocycles. The third-order valence-electron chi connectivity index (χ3n) is 4.21. The molecule has 8 nitrogen and oxygen atoms in total. The summed E-state index contributed by atoms with van der Waals surface area (Å²) in [5.74, 6) is 1.69. The van der Waals surface area contributed by atoms with E-state index in [9.17, 15) is 4.79 Å². The first kappa shape index (κ1) is 16.0. The topological polar surface area (TPSA) is 96.7 Å². The second kappa shape index (κ2) is 6.80. The number of hydrogen-bond donors (Lipinski definition) is 1. The number of pyridine rings is 1. The number of carbonyl (C=O) groups is 1. The Bertz CT molecular complexity index is 880. The number of nitriles is 1. The number of aromatic nitrogens is 1. The summed E-state index contributed by atoms with van der Waals surface area (Å²) in [6, 6.07) is 10.3. The average Bonchev–Trinajstić information content (AvgIpc) is 3.31. The van der Waals surface area contributed by atoms with E-state index in [-0.39, 0.29) is 18.9 Å². The highest BCUT2D eigenvalue weighted by atomic mass is 16.7. The van der Waals surface area contributed by atoms with Gasteiger partial charge in [0.2, 0.25) is 12.7 Å². The first-order valence-corrected chi connectivity index (χ1v) is 8.19. The van der Waals surface area contributed by atoms with Crippen LogP contribution in [0.5, 0.6) is 17.4 Å². The Balaban J connectivity index is 1.34. The minimum absolute atomic E-state index is 0.154. The second-order valence-corrected chi connectivity index (χ2v) is 5.97. The van der Waals surface area contributed by atoms with Gasteiger partial charge in [-0.2, -0.15) is 5.26 Å². The Labute approximate surface area is 149 Å². The van der Waals surface area contributed by atoms with E-state index in [0.717, 1.165) is 0 Å². The van der Waals surface area contributed by atoms with Crippen molar-refractivity contribution < 1.29 is 19.0 Å². The zero-order valence-electron chi connectivity index (χ0n) is 13.8. The molecule has 1 aromatic heterocycles. The number of carbonyl (C=O) groups excluding carboxylic acids is 1. The second-order valence-electron chi connectivity index (χ2n) is 5.97. The van der Waals surface area contributed by atoms with Crippen molar-refractivity contribution in [2.24, 2.45) is 0 Å². The van der Waals surface area contributed by atoms with E-state index in [2.05, 4.69) is 16.4 Å². The molecule has 3 heterocycles. The lowest BCUT2D eigenvalue weighted by Crippen LogP contribution is -2.34. The summed E-state index contributed by atoms with van der Waals surface area (Å²) in [4.78, 5) is 18.2. The molecule has 1 aromatic carbocycles. The van der Waals surface area contributed by atoms with Gasteiger partial charge in [-0.15, -0.1) is 0 Å². The van der Waals surface area contributed by atoms with Gasteiger partial charge >= 0.3 is 6.03 Å². The number of anilines is 1. The molecule has 2 aliphatic rings. The van der Waals surface area contributed by atoms with E-state index in [1.807, 2.05) is 0 Å². The molecule has 0 spiro atoms. The number of nitrogens with zero attached hydrogens (tertiary/aromatic N) is 3. The van der Waals surface area contributed by atoms with Crippen LogP contribution in [0.2, 0.25) is 0 Å². The zero-order chi connectivity index (χ0) is 17.9. The van der Waals surface area contributed by atoms with Crippen LogP contribution in [0.1, 0.15) is 12.0 Å². The number of nitrogens with one attached hydrogen (secondary N) is 1. The number of amides is 2. The Kier molecular flexibility index (Phi) is 4.19. The fourth-order valence-corrected chi connectivity index (χ4v) is 2.90. The number of likely N-dealkylation sites (tertiary alicyclic amines) is 1. The predicted octanol–water partition coefficient (Wildman–Crippen LogP) is 2.37. The first-order chi connectivity index (χ1) is 12.7. The van der Waals surface area contributed by atoms with E-state index in [4.69, 9.17) is 19.5 Å². The van der Waals surface area contributed by atoms with Crippen LogP contribution < -0.4 is 19.5 Å². The van der Waals surface area contributed by atoms with E-state index in [1.54, 1.807) is 35.2 Å². The molecule has 0 aliphatic carbocycles. The molecule has 0 radical (unpaired) electrons. The van der Waals surface area contributed by atoms with Gasteiger partial charge in [-0.3, -0.25) is 0 Å². The molecule has 4 rings (SSSR count). The molecule has 8 heteroatoms. The van der Waals surface area contributed by atoms with Gasteiger partial charge in [-0.05, 0) is 18.2 Å². The van der Waals surface area contributed by atoms with Crippen molar-refractivity contribution in [3.8, 4) is 23.4 Å². The lowest BCUT2D eigenvalue weighted by Gasteiger charge is -2.18.